The Morgan fingerprint density at radius 2 is 1.96 bits per heavy atom. The van der Waals surface area contributed by atoms with Gasteiger partial charge in [-0.3, -0.25) is 4.79 Å². The molecule has 0 radical (unpaired) electrons. The number of carbonyl (C=O) groups excluding carboxylic acids is 1. The second-order valence-corrected chi connectivity index (χ2v) is 7.15. The molecule has 0 fully saturated rings. The Balaban J connectivity index is 1.77. The van der Waals surface area contributed by atoms with Gasteiger partial charge in [-0.1, -0.05) is 40.5 Å². The smallest absolute Gasteiger partial charge is 0.256 e. The van der Waals surface area contributed by atoms with Crippen LogP contribution in [0.25, 0.3) is 0 Å². The van der Waals surface area contributed by atoms with Gasteiger partial charge in [-0.05, 0) is 24.3 Å². The standard InChI is InChI=1S/C17H14Cl2N4O2S/c1-9-21-15(23-25-9)8-26-14-5-3-2-4-11(14)17(24)22-10-6-12(18)16(20)13(19)7-10/h2-7H,8,20H2,1H3,(H,22,24). The van der Waals surface area contributed by atoms with Crippen LogP contribution < -0.4 is 11.1 Å². The lowest BCUT2D eigenvalue weighted by Crippen LogP contribution is -2.13. The van der Waals surface area contributed by atoms with Gasteiger partial charge in [-0.2, -0.15) is 4.98 Å². The molecule has 0 bridgehead atoms. The normalized spacial score (nSPS) is 10.7. The molecule has 0 unspecified atom stereocenters. The molecule has 1 aromatic heterocycles. The number of benzene rings is 2. The van der Waals surface area contributed by atoms with Gasteiger partial charge < -0.3 is 15.6 Å². The fourth-order valence-corrected chi connectivity index (χ4v) is 3.56. The van der Waals surface area contributed by atoms with Gasteiger partial charge in [0.05, 0.1) is 27.0 Å². The summed E-state index contributed by atoms with van der Waals surface area (Å²) in [5, 5.41) is 7.20. The summed E-state index contributed by atoms with van der Waals surface area (Å²) >= 11 is 13.5. The van der Waals surface area contributed by atoms with Crippen LogP contribution in [0.3, 0.4) is 0 Å². The first-order chi connectivity index (χ1) is 12.4. The molecule has 0 saturated carbocycles. The monoisotopic (exact) mass is 408 g/mol. The molecule has 1 amide bonds. The number of carbonyl (C=O) groups is 1. The predicted molar refractivity (Wildman–Crippen MR) is 104 cm³/mol. The van der Waals surface area contributed by atoms with Gasteiger partial charge in [0, 0.05) is 17.5 Å². The molecular weight excluding hydrogens is 395 g/mol. The molecule has 0 saturated heterocycles. The van der Waals surface area contributed by atoms with Crippen LogP contribution in [0.2, 0.25) is 10.0 Å². The number of aryl methyl sites for hydroxylation is 1. The fraction of sp³-hybridized carbons (Fsp3) is 0.118. The van der Waals surface area contributed by atoms with Crippen molar-refractivity contribution in [3.05, 3.63) is 63.7 Å². The largest absolute Gasteiger partial charge is 0.396 e. The van der Waals surface area contributed by atoms with E-state index in [4.69, 9.17) is 33.5 Å². The van der Waals surface area contributed by atoms with Gasteiger partial charge >= 0.3 is 0 Å². The van der Waals surface area contributed by atoms with Crippen LogP contribution in [0.5, 0.6) is 0 Å². The maximum absolute atomic E-state index is 12.7. The topological polar surface area (TPSA) is 94.0 Å². The van der Waals surface area contributed by atoms with Gasteiger partial charge in [-0.25, -0.2) is 0 Å². The van der Waals surface area contributed by atoms with Crippen molar-refractivity contribution in [1.82, 2.24) is 10.1 Å². The fourth-order valence-electron chi connectivity index (χ4n) is 2.18. The van der Waals surface area contributed by atoms with E-state index >= 15 is 0 Å². The molecule has 0 atom stereocenters. The Morgan fingerprint density at radius 1 is 1.27 bits per heavy atom. The number of nitrogens with two attached hydrogens (primary N) is 1. The van der Waals surface area contributed by atoms with E-state index in [0.29, 0.717) is 28.7 Å². The van der Waals surface area contributed by atoms with Crippen molar-refractivity contribution >= 4 is 52.2 Å². The lowest BCUT2D eigenvalue weighted by atomic mass is 10.2. The molecule has 3 aromatic rings. The van der Waals surface area contributed by atoms with Crippen molar-refractivity contribution in [1.29, 1.82) is 0 Å². The van der Waals surface area contributed by atoms with Crippen molar-refractivity contribution in [2.45, 2.75) is 17.6 Å². The zero-order valence-corrected chi connectivity index (χ0v) is 16.0. The van der Waals surface area contributed by atoms with Gasteiger partial charge in [0.2, 0.25) is 5.89 Å². The lowest BCUT2D eigenvalue weighted by molar-refractivity contribution is 0.102. The van der Waals surface area contributed by atoms with Crippen molar-refractivity contribution in [3.8, 4) is 0 Å². The first-order valence-corrected chi connectivity index (χ1v) is 9.25. The second kappa shape index (κ2) is 7.99. The molecule has 0 spiro atoms. The first kappa shape index (κ1) is 18.6. The third kappa shape index (κ3) is 4.30. The van der Waals surface area contributed by atoms with E-state index in [1.807, 2.05) is 12.1 Å². The molecule has 2 aromatic carbocycles. The van der Waals surface area contributed by atoms with Crippen molar-refractivity contribution in [2.24, 2.45) is 0 Å². The number of hydrogen-bond donors (Lipinski definition) is 2. The van der Waals surface area contributed by atoms with E-state index in [1.54, 1.807) is 31.2 Å². The van der Waals surface area contributed by atoms with Crippen LogP contribution in [0.1, 0.15) is 22.1 Å². The number of halogens is 2. The first-order valence-electron chi connectivity index (χ1n) is 7.51. The Hall–Kier alpha value is -2.22. The molecular formula is C17H14Cl2N4O2S. The lowest BCUT2D eigenvalue weighted by Gasteiger charge is -2.11. The molecule has 0 aliphatic carbocycles. The summed E-state index contributed by atoms with van der Waals surface area (Å²) in [6.07, 6.45) is 0. The second-order valence-electron chi connectivity index (χ2n) is 5.32. The van der Waals surface area contributed by atoms with E-state index in [1.165, 1.54) is 11.8 Å². The Kier molecular flexibility index (Phi) is 5.70. The third-order valence-corrected chi connectivity index (χ3v) is 5.09. The minimum atomic E-state index is -0.283. The zero-order valence-electron chi connectivity index (χ0n) is 13.6. The summed E-state index contributed by atoms with van der Waals surface area (Å²) in [6, 6.07) is 10.4. The number of amides is 1. The zero-order chi connectivity index (χ0) is 18.7. The maximum Gasteiger partial charge on any atom is 0.256 e. The molecule has 3 rings (SSSR count). The Morgan fingerprint density at radius 3 is 2.62 bits per heavy atom. The summed E-state index contributed by atoms with van der Waals surface area (Å²) in [7, 11) is 0. The number of nitrogens with one attached hydrogen (secondary N) is 1. The van der Waals surface area contributed by atoms with E-state index in [2.05, 4.69) is 15.5 Å². The number of thioether (sulfide) groups is 1. The van der Waals surface area contributed by atoms with E-state index in [9.17, 15) is 4.79 Å². The van der Waals surface area contributed by atoms with Crippen LogP contribution >= 0.6 is 35.0 Å². The minimum absolute atomic E-state index is 0.276. The predicted octanol–water partition coefficient (Wildman–Crippen LogP) is 4.81. The molecule has 0 aliphatic heterocycles. The number of nitrogen functional groups attached to an aromatic ring is 1. The van der Waals surface area contributed by atoms with Crippen molar-refractivity contribution in [3.63, 3.8) is 0 Å². The Labute approximate surface area is 164 Å². The van der Waals surface area contributed by atoms with Gasteiger partial charge in [0.1, 0.15) is 0 Å². The van der Waals surface area contributed by atoms with Gasteiger partial charge in [0.15, 0.2) is 5.82 Å². The van der Waals surface area contributed by atoms with E-state index < -0.39 is 0 Å². The van der Waals surface area contributed by atoms with Crippen LogP contribution in [-0.4, -0.2) is 16.0 Å². The van der Waals surface area contributed by atoms with Crippen LogP contribution in [0.4, 0.5) is 11.4 Å². The average Bonchev–Trinajstić information content (AvgIpc) is 3.03. The van der Waals surface area contributed by atoms with Gasteiger partial charge in [0.25, 0.3) is 5.91 Å². The van der Waals surface area contributed by atoms with Crippen LogP contribution in [-0.2, 0) is 5.75 Å². The number of nitrogens with zero attached hydrogens (tertiary/aromatic N) is 2. The van der Waals surface area contributed by atoms with Crippen molar-refractivity contribution in [2.75, 3.05) is 11.1 Å². The number of anilines is 2. The molecule has 3 N–H and O–H groups in total. The highest BCUT2D eigenvalue weighted by Crippen LogP contribution is 2.32. The molecule has 1 heterocycles. The maximum atomic E-state index is 12.7. The van der Waals surface area contributed by atoms with E-state index in [0.717, 1.165) is 4.90 Å². The SMILES string of the molecule is Cc1nc(CSc2ccccc2C(=O)Nc2cc(Cl)c(N)c(Cl)c2)no1. The Bertz CT molecular complexity index is 938. The van der Waals surface area contributed by atoms with Crippen LogP contribution in [0, 0.1) is 6.92 Å². The number of hydrogen-bond acceptors (Lipinski definition) is 6. The molecule has 0 aliphatic rings. The molecule has 9 heteroatoms. The highest BCUT2D eigenvalue weighted by Gasteiger charge is 2.14. The van der Waals surface area contributed by atoms with E-state index in [-0.39, 0.29) is 21.6 Å². The van der Waals surface area contributed by atoms with Crippen molar-refractivity contribution < 1.29 is 9.32 Å². The summed E-state index contributed by atoms with van der Waals surface area (Å²) in [4.78, 5) is 17.6. The summed E-state index contributed by atoms with van der Waals surface area (Å²) in [5.74, 6) is 1.28. The number of aromatic nitrogens is 2. The highest BCUT2D eigenvalue weighted by atomic mass is 35.5. The molecule has 6 nitrogen and oxygen atoms in total. The highest BCUT2D eigenvalue weighted by molar-refractivity contribution is 7.98. The third-order valence-electron chi connectivity index (χ3n) is 3.40. The summed E-state index contributed by atoms with van der Waals surface area (Å²) in [6.45, 7) is 1.73. The molecule has 26 heavy (non-hydrogen) atoms. The molecule has 134 valence electrons. The van der Waals surface area contributed by atoms with Gasteiger partial charge in [-0.15, -0.1) is 11.8 Å². The minimum Gasteiger partial charge on any atom is -0.396 e. The number of rotatable bonds is 5. The summed E-state index contributed by atoms with van der Waals surface area (Å²) in [5.41, 5.74) is 6.97. The average molecular weight is 409 g/mol. The quantitative estimate of drug-likeness (QED) is 0.464. The van der Waals surface area contributed by atoms with Crippen LogP contribution in [0.15, 0.2) is 45.8 Å². The summed E-state index contributed by atoms with van der Waals surface area (Å²) < 4.78 is 4.95.